The predicted molar refractivity (Wildman–Crippen MR) is 96.0 cm³/mol. The van der Waals surface area contributed by atoms with E-state index < -0.39 is 0 Å². The van der Waals surface area contributed by atoms with Crippen molar-refractivity contribution in [3.63, 3.8) is 0 Å². The van der Waals surface area contributed by atoms with Gasteiger partial charge in [0.05, 0.1) is 11.0 Å². The van der Waals surface area contributed by atoms with Crippen molar-refractivity contribution in [3.8, 4) is 0 Å². The third kappa shape index (κ3) is 1.98. The zero-order valence-electron chi connectivity index (χ0n) is 13.2. The number of hydrogen-bond donors (Lipinski definition) is 0. The fourth-order valence-corrected chi connectivity index (χ4v) is 4.22. The van der Waals surface area contributed by atoms with Gasteiger partial charge >= 0.3 is 0 Å². The van der Waals surface area contributed by atoms with Crippen LogP contribution in [-0.4, -0.2) is 9.38 Å². The quantitative estimate of drug-likeness (QED) is 0.441. The second-order valence-corrected chi connectivity index (χ2v) is 6.75. The first kappa shape index (κ1) is 13.1. The minimum atomic E-state index is 0.661. The molecule has 0 spiro atoms. The van der Waals surface area contributed by atoms with E-state index >= 15 is 0 Å². The summed E-state index contributed by atoms with van der Waals surface area (Å²) >= 11 is 0. The van der Waals surface area contributed by atoms with Crippen molar-refractivity contribution in [2.45, 2.75) is 38.0 Å². The van der Waals surface area contributed by atoms with Crippen molar-refractivity contribution >= 4 is 27.5 Å². The summed E-state index contributed by atoms with van der Waals surface area (Å²) in [5.41, 5.74) is 4.91. The van der Waals surface area contributed by atoms with E-state index in [1.54, 1.807) is 0 Å². The number of imidazole rings is 1. The number of pyridine rings is 1. The fourth-order valence-electron chi connectivity index (χ4n) is 4.22. The Balaban J connectivity index is 1.93. The van der Waals surface area contributed by atoms with Gasteiger partial charge in [-0.3, -0.25) is 4.40 Å². The number of hydrogen-bond acceptors (Lipinski definition) is 1. The lowest BCUT2D eigenvalue weighted by molar-refractivity contribution is 0.435. The van der Waals surface area contributed by atoms with E-state index in [9.17, 15) is 0 Å². The molecule has 2 heterocycles. The molecule has 0 amide bonds. The second kappa shape index (κ2) is 5.09. The molecule has 2 aromatic heterocycles. The van der Waals surface area contributed by atoms with E-state index in [1.807, 2.05) is 0 Å². The minimum Gasteiger partial charge on any atom is -0.296 e. The molecule has 5 rings (SSSR count). The zero-order valence-corrected chi connectivity index (χ0v) is 13.2. The van der Waals surface area contributed by atoms with Gasteiger partial charge in [0, 0.05) is 11.1 Å². The minimum absolute atomic E-state index is 0.661. The van der Waals surface area contributed by atoms with Crippen LogP contribution in [0.2, 0.25) is 0 Å². The predicted octanol–water partition coefficient (Wildman–Crippen LogP) is 5.69. The molecule has 0 unspecified atom stereocenters. The van der Waals surface area contributed by atoms with Gasteiger partial charge in [0.2, 0.25) is 0 Å². The lowest BCUT2D eigenvalue weighted by atomic mass is 9.86. The van der Waals surface area contributed by atoms with Crippen molar-refractivity contribution in [2.24, 2.45) is 0 Å². The van der Waals surface area contributed by atoms with Crippen LogP contribution in [0.1, 0.15) is 43.7 Å². The lowest BCUT2D eigenvalue weighted by Crippen LogP contribution is -2.09. The Morgan fingerprint density at radius 2 is 1.65 bits per heavy atom. The summed E-state index contributed by atoms with van der Waals surface area (Å²) in [6.45, 7) is 0. The monoisotopic (exact) mass is 300 g/mol. The molecule has 0 radical (unpaired) electrons. The van der Waals surface area contributed by atoms with Crippen LogP contribution < -0.4 is 0 Å². The van der Waals surface area contributed by atoms with Crippen LogP contribution in [0.4, 0.5) is 0 Å². The van der Waals surface area contributed by atoms with Crippen molar-refractivity contribution in [2.75, 3.05) is 0 Å². The first-order chi connectivity index (χ1) is 11.4. The SMILES string of the molecule is c1ccc2c(c1)cc(C1CCCCC1)n1c3ccccc3nc21. The molecule has 2 heteroatoms. The number of fused-ring (bicyclic) bond motifs is 5. The molecule has 0 atom stereocenters. The summed E-state index contributed by atoms with van der Waals surface area (Å²) in [6, 6.07) is 19.6. The molecule has 2 nitrogen and oxygen atoms in total. The molecular formula is C21H20N2. The highest BCUT2D eigenvalue weighted by molar-refractivity contribution is 5.98. The Kier molecular flexibility index (Phi) is 2.90. The maximum absolute atomic E-state index is 4.96. The Hall–Kier alpha value is -2.35. The highest BCUT2D eigenvalue weighted by Crippen LogP contribution is 2.36. The molecule has 1 saturated carbocycles. The first-order valence-electron chi connectivity index (χ1n) is 8.71. The number of para-hydroxylation sites is 2. The Bertz CT molecular complexity index is 1010. The molecule has 23 heavy (non-hydrogen) atoms. The van der Waals surface area contributed by atoms with Crippen LogP contribution in [0.25, 0.3) is 27.5 Å². The lowest BCUT2D eigenvalue weighted by Gasteiger charge is -2.24. The largest absolute Gasteiger partial charge is 0.296 e. The molecule has 114 valence electrons. The van der Waals surface area contributed by atoms with Gasteiger partial charge in [0.15, 0.2) is 0 Å². The number of benzene rings is 2. The molecule has 0 N–H and O–H groups in total. The summed E-state index contributed by atoms with van der Waals surface area (Å²) in [7, 11) is 0. The topological polar surface area (TPSA) is 17.3 Å². The molecule has 0 bridgehead atoms. The van der Waals surface area contributed by atoms with Gasteiger partial charge in [-0.1, -0.05) is 55.7 Å². The van der Waals surface area contributed by atoms with Gasteiger partial charge < -0.3 is 0 Å². The third-order valence-electron chi connectivity index (χ3n) is 5.35. The van der Waals surface area contributed by atoms with Gasteiger partial charge in [-0.2, -0.15) is 0 Å². The van der Waals surface area contributed by atoms with Crippen molar-refractivity contribution < 1.29 is 0 Å². The summed E-state index contributed by atoms with van der Waals surface area (Å²) in [6.07, 6.45) is 6.70. The maximum Gasteiger partial charge on any atom is 0.146 e. The third-order valence-corrected chi connectivity index (χ3v) is 5.35. The van der Waals surface area contributed by atoms with E-state index in [4.69, 9.17) is 4.98 Å². The normalized spacial score (nSPS) is 16.5. The van der Waals surface area contributed by atoms with Crippen LogP contribution in [-0.2, 0) is 0 Å². The average Bonchev–Trinajstić information content (AvgIpc) is 3.02. The molecule has 0 aliphatic heterocycles. The van der Waals surface area contributed by atoms with Crippen molar-refractivity contribution in [3.05, 3.63) is 60.3 Å². The smallest absolute Gasteiger partial charge is 0.146 e. The maximum atomic E-state index is 4.96. The van der Waals surface area contributed by atoms with E-state index in [2.05, 4.69) is 59.0 Å². The van der Waals surface area contributed by atoms with E-state index in [-0.39, 0.29) is 0 Å². The van der Waals surface area contributed by atoms with Gasteiger partial charge in [-0.25, -0.2) is 4.98 Å². The number of rotatable bonds is 1. The number of aromatic nitrogens is 2. The standard InChI is InChI=1S/C21H20N2/c1-2-8-15(9-3-1)20-14-16-10-4-5-11-17(16)21-22-18-12-6-7-13-19(18)23(20)21/h4-7,10-15H,1-3,8-9H2. The van der Waals surface area contributed by atoms with Crippen LogP contribution in [0.3, 0.4) is 0 Å². The van der Waals surface area contributed by atoms with E-state index in [0.29, 0.717) is 5.92 Å². The molecule has 0 saturated heterocycles. The Morgan fingerprint density at radius 1 is 0.870 bits per heavy atom. The molecule has 1 aliphatic rings. The van der Waals surface area contributed by atoms with Crippen molar-refractivity contribution in [1.82, 2.24) is 9.38 Å². The van der Waals surface area contributed by atoms with Gasteiger partial charge in [0.1, 0.15) is 5.65 Å². The molecule has 4 aromatic rings. The number of nitrogens with zero attached hydrogens (tertiary/aromatic N) is 2. The van der Waals surface area contributed by atoms with Crippen LogP contribution in [0.15, 0.2) is 54.6 Å². The molecule has 1 fully saturated rings. The average molecular weight is 300 g/mol. The van der Waals surface area contributed by atoms with Gasteiger partial charge in [0.25, 0.3) is 0 Å². The first-order valence-corrected chi connectivity index (χ1v) is 8.71. The van der Waals surface area contributed by atoms with Gasteiger partial charge in [-0.05, 0) is 42.3 Å². The second-order valence-electron chi connectivity index (χ2n) is 6.75. The summed E-state index contributed by atoms with van der Waals surface area (Å²) < 4.78 is 2.42. The van der Waals surface area contributed by atoms with Gasteiger partial charge in [-0.15, -0.1) is 0 Å². The Morgan fingerprint density at radius 3 is 2.57 bits per heavy atom. The van der Waals surface area contributed by atoms with E-state index in [0.717, 1.165) is 11.2 Å². The summed E-state index contributed by atoms with van der Waals surface area (Å²) in [5.74, 6) is 0.661. The fraction of sp³-hybridized carbons (Fsp3) is 0.286. The van der Waals surface area contributed by atoms with Crippen molar-refractivity contribution in [1.29, 1.82) is 0 Å². The Labute approximate surface area is 135 Å². The highest BCUT2D eigenvalue weighted by Gasteiger charge is 2.21. The van der Waals surface area contributed by atoms with Crippen LogP contribution >= 0.6 is 0 Å². The molecule has 1 aliphatic carbocycles. The molecule has 2 aromatic carbocycles. The van der Waals surface area contributed by atoms with E-state index in [1.165, 1.54) is 54.1 Å². The van der Waals surface area contributed by atoms with Crippen LogP contribution in [0.5, 0.6) is 0 Å². The molecular weight excluding hydrogens is 280 g/mol. The highest BCUT2D eigenvalue weighted by atomic mass is 15.0. The zero-order chi connectivity index (χ0) is 15.2. The van der Waals surface area contributed by atoms with Crippen LogP contribution in [0, 0.1) is 0 Å². The summed E-state index contributed by atoms with van der Waals surface area (Å²) in [4.78, 5) is 4.96. The summed E-state index contributed by atoms with van der Waals surface area (Å²) in [5, 5.41) is 2.57.